The molecular formula is C21H24O5. The Morgan fingerprint density at radius 2 is 1.46 bits per heavy atom. The van der Waals surface area contributed by atoms with Gasteiger partial charge < -0.3 is 23.7 Å². The first-order valence-corrected chi connectivity index (χ1v) is 8.95. The van der Waals surface area contributed by atoms with Crippen LogP contribution >= 0.6 is 0 Å². The summed E-state index contributed by atoms with van der Waals surface area (Å²) in [6, 6.07) is 18.0. The van der Waals surface area contributed by atoms with Crippen molar-refractivity contribution in [3.63, 3.8) is 0 Å². The molecule has 5 heteroatoms. The number of hydrogen-bond acceptors (Lipinski definition) is 5. The van der Waals surface area contributed by atoms with Crippen molar-refractivity contribution in [1.29, 1.82) is 0 Å². The molecule has 2 aliphatic heterocycles. The highest BCUT2D eigenvalue weighted by molar-refractivity contribution is 5.26. The first-order valence-electron chi connectivity index (χ1n) is 8.95. The van der Waals surface area contributed by atoms with Gasteiger partial charge in [-0.1, -0.05) is 42.5 Å². The van der Waals surface area contributed by atoms with E-state index in [-0.39, 0.29) is 30.7 Å². The monoisotopic (exact) mass is 356 g/mol. The van der Waals surface area contributed by atoms with Crippen LogP contribution in [0.2, 0.25) is 0 Å². The molecule has 5 nitrogen and oxygen atoms in total. The molecule has 0 aromatic heterocycles. The molecule has 0 N–H and O–H groups in total. The lowest BCUT2D eigenvalue weighted by molar-refractivity contribution is -0.172. The van der Waals surface area contributed by atoms with Gasteiger partial charge in [0.2, 0.25) is 0 Å². The molecule has 26 heavy (non-hydrogen) atoms. The van der Waals surface area contributed by atoms with E-state index in [9.17, 15) is 0 Å². The summed E-state index contributed by atoms with van der Waals surface area (Å²) in [4.78, 5) is 0. The Hall–Kier alpha value is -1.92. The summed E-state index contributed by atoms with van der Waals surface area (Å²) in [6.45, 7) is 3.04. The third-order valence-corrected chi connectivity index (χ3v) is 4.83. The van der Waals surface area contributed by atoms with Crippen LogP contribution in [-0.2, 0) is 32.2 Å². The van der Waals surface area contributed by atoms with E-state index in [1.54, 1.807) is 7.11 Å². The summed E-state index contributed by atoms with van der Waals surface area (Å²) in [5.41, 5.74) is 2.22. The van der Waals surface area contributed by atoms with Crippen LogP contribution < -0.4 is 4.74 Å². The van der Waals surface area contributed by atoms with Crippen molar-refractivity contribution in [2.24, 2.45) is 0 Å². The van der Waals surface area contributed by atoms with Crippen molar-refractivity contribution in [2.45, 2.75) is 50.8 Å². The van der Waals surface area contributed by atoms with Gasteiger partial charge in [0.1, 0.15) is 24.1 Å². The first kappa shape index (κ1) is 17.5. The lowest BCUT2D eigenvalue weighted by Gasteiger charge is -2.33. The minimum Gasteiger partial charge on any atom is -0.497 e. The van der Waals surface area contributed by atoms with Gasteiger partial charge in [-0.3, -0.25) is 0 Å². The molecule has 5 atom stereocenters. The van der Waals surface area contributed by atoms with Crippen LogP contribution in [0, 0.1) is 0 Å². The number of hydrogen-bond donors (Lipinski definition) is 0. The lowest BCUT2D eigenvalue weighted by atomic mass is 10.0. The third kappa shape index (κ3) is 3.91. The van der Waals surface area contributed by atoms with E-state index in [2.05, 4.69) is 12.1 Å². The molecule has 0 aliphatic carbocycles. The van der Waals surface area contributed by atoms with Crippen LogP contribution in [0.15, 0.2) is 54.6 Å². The van der Waals surface area contributed by atoms with E-state index in [4.69, 9.17) is 23.7 Å². The van der Waals surface area contributed by atoms with Crippen molar-refractivity contribution in [3.8, 4) is 5.75 Å². The van der Waals surface area contributed by atoms with Gasteiger partial charge in [-0.05, 0) is 30.2 Å². The smallest absolute Gasteiger partial charge is 0.187 e. The van der Waals surface area contributed by atoms with Gasteiger partial charge in [0.15, 0.2) is 6.29 Å². The van der Waals surface area contributed by atoms with Crippen LogP contribution in [0.25, 0.3) is 0 Å². The minimum atomic E-state index is -0.169. The highest BCUT2D eigenvalue weighted by Crippen LogP contribution is 2.39. The average Bonchev–Trinajstić information content (AvgIpc) is 3.45. The Bertz CT molecular complexity index is 702. The van der Waals surface area contributed by atoms with Crippen molar-refractivity contribution in [1.82, 2.24) is 0 Å². The molecule has 0 bridgehead atoms. The second-order valence-electron chi connectivity index (χ2n) is 6.70. The predicted octanol–water partition coefficient (Wildman–Crippen LogP) is 3.31. The topological polar surface area (TPSA) is 49.5 Å². The van der Waals surface area contributed by atoms with Gasteiger partial charge in [0.05, 0.1) is 26.4 Å². The standard InChI is InChI=1S/C21H24O5/c1-14-18(23-12-15-6-4-3-5-7-15)19(20-21(25-14)26-20)24-13-16-8-10-17(22-2)11-9-16/h3-11,14,18-21H,12-13H2,1-2H3/t14-,18-,19+,20+,21+/m0/s1. The summed E-state index contributed by atoms with van der Waals surface area (Å²) in [5, 5.41) is 0. The van der Waals surface area contributed by atoms with Gasteiger partial charge in [-0.25, -0.2) is 0 Å². The zero-order chi connectivity index (χ0) is 17.9. The fourth-order valence-corrected chi connectivity index (χ4v) is 3.30. The highest BCUT2D eigenvalue weighted by atomic mass is 16.8. The fourth-order valence-electron chi connectivity index (χ4n) is 3.30. The fraction of sp³-hybridized carbons (Fsp3) is 0.429. The van der Waals surface area contributed by atoms with Gasteiger partial charge in [0, 0.05) is 0 Å². The van der Waals surface area contributed by atoms with Crippen LogP contribution in [0.3, 0.4) is 0 Å². The number of rotatable bonds is 7. The van der Waals surface area contributed by atoms with Crippen LogP contribution in [-0.4, -0.2) is 37.8 Å². The largest absolute Gasteiger partial charge is 0.497 e. The van der Waals surface area contributed by atoms with E-state index in [1.165, 1.54) is 0 Å². The number of benzene rings is 2. The Morgan fingerprint density at radius 1 is 0.808 bits per heavy atom. The summed E-state index contributed by atoms with van der Waals surface area (Å²) in [6.07, 6.45) is -0.609. The molecule has 4 rings (SSSR count). The van der Waals surface area contributed by atoms with Crippen molar-refractivity contribution < 1.29 is 23.7 Å². The molecule has 0 unspecified atom stereocenters. The zero-order valence-corrected chi connectivity index (χ0v) is 15.0. The number of ether oxygens (including phenoxy) is 5. The van der Waals surface area contributed by atoms with E-state index in [0.29, 0.717) is 13.2 Å². The maximum absolute atomic E-state index is 6.20. The summed E-state index contributed by atoms with van der Waals surface area (Å²) >= 11 is 0. The molecule has 2 fully saturated rings. The Kier molecular flexibility index (Phi) is 5.22. The molecule has 2 aliphatic rings. The first-order chi connectivity index (χ1) is 12.7. The van der Waals surface area contributed by atoms with E-state index < -0.39 is 0 Å². The zero-order valence-electron chi connectivity index (χ0n) is 15.0. The quantitative estimate of drug-likeness (QED) is 0.713. The summed E-state index contributed by atoms with van der Waals surface area (Å²) < 4.78 is 29.0. The van der Waals surface area contributed by atoms with Crippen LogP contribution in [0.5, 0.6) is 5.75 Å². The van der Waals surface area contributed by atoms with Crippen molar-refractivity contribution in [2.75, 3.05) is 7.11 Å². The second-order valence-corrected chi connectivity index (χ2v) is 6.70. The molecule has 2 aromatic rings. The molecule has 0 radical (unpaired) electrons. The van der Waals surface area contributed by atoms with Crippen molar-refractivity contribution in [3.05, 3.63) is 65.7 Å². The Balaban J connectivity index is 1.39. The predicted molar refractivity (Wildman–Crippen MR) is 95.8 cm³/mol. The third-order valence-electron chi connectivity index (χ3n) is 4.83. The normalized spacial score (nSPS) is 29.8. The van der Waals surface area contributed by atoms with Crippen LogP contribution in [0.4, 0.5) is 0 Å². The van der Waals surface area contributed by atoms with E-state index in [1.807, 2.05) is 49.4 Å². The number of epoxide rings is 1. The second kappa shape index (κ2) is 7.76. The SMILES string of the molecule is COc1ccc(CO[C@@H]2[C@@H](OCc3ccccc3)[C@H](C)O[C@@H]3O[C@@H]32)cc1. The molecule has 0 spiro atoms. The van der Waals surface area contributed by atoms with Crippen molar-refractivity contribution >= 4 is 0 Å². The molecule has 2 saturated heterocycles. The number of methoxy groups -OCH3 is 1. The molecular weight excluding hydrogens is 332 g/mol. The molecule has 138 valence electrons. The van der Waals surface area contributed by atoms with E-state index in [0.717, 1.165) is 16.9 Å². The highest BCUT2D eigenvalue weighted by Gasteiger charge is 2.57. The van der Waals surface area contributed by atoms with Gasteiger partial charge in [0.25, 0.3) is 0 Å². The van der Waals surface area contributed by atoms with E-state index >= 15 is 0 Å². The van der Waals surface area contributed by atoms with Crippen LogP contribution in [0.1, 0.15) is 18.1 Å². The molecule has 0 amide bonds. The van der Waals surface area contributed by atoms with Gasteiger partial charge in [-0.15, -0.1) is 0 Å². The maximum Gasteiger partial charge on any atom is 0.187 e. The maximum atomic E-state index is 6.20. The van der Waals surface area contributed by atoms with Gasteiger partial charge in [-0.2, -0.15) is 0 Å². The lowest BCUT2D eigenvalue weighted by Crippen LogP contribution is -2.49. The van der Waals surface area contributed by atoms with Gasteiger partial charge >= 0.3 is 0 Å². The molecule has 2 heterocycles. The molecule has 2 aromatic carbocycles. The minimum absolute atomic E-state index is 0.0507. The Morgan fingerprint density at radius 3 is 2.15 bits per heavy atom. The summed E-state index contributed by atoms with van der Waals surface area (Å²) in [5.74, 6) is 0.836. The summed E-state index contributed by atoms with van der Waals surface area (Å²) in [7, 11) is 1.66. The molecule has 0 saturated carbocycles. The average molecular weight is 356 g/mol. The number of fused-ring (bicyclic) bond motifs is 1. The Labute approximate surface area is 153 Å².